The molecule has 0 radical (unpaired) electrons. The highest BCUT2D eigenvalue weighted by atomic mass is 16.4. The molecule has 1 aliphatic heterocycles. The maximum Gasteiger partial charge on any atom is 0.326 e. The molecule has 1 heterocycles. The van der Waals surface area contributed by atoms with Gasteiger partial charge in [-0.05, 0) is 97.2 Å². The molecule has 4 rings (SSSR count). The highest BCUT2D eigenvalue weighted by Gasteiger charge is 2.40. The van der Waals surface area contributed by atoms with Gasteiger partial charge in [0.15, 0.2) is 5.96 Å². The number of nitrogens with zero attached hydrogens (tertiary/aromatic N) is 2. The normalized spacial score (nSPS) is 15.7. The van der Waals surface area contributed by atoms with Gasteiger partial charge in [0.05, 0.1) is 12.6 Å². The number of hydrogen-bond acceptors (Lipinski definition) is 13. The van der Waals surface area contributed by atoms with E-state index in [9.17, 15) is 58.5 Å². The number of nitrogens with one attached hydrogen (secondary N) is 7. The van der Waals surface area contributed by atoms with Crippen molar-refractivity contribution in [3.8, 4) is 11.5 Å². The van der Waals surface area contributed by atoms with Crippen LogP contribution in [0.4, 0.5) is 0 Å². The van der Waals surface area contributed by atoms with Crippen LogP contribution in [0.25, 0.3) is 0 Å². The Labute approximate surface area is 472 Å². The van der Waals surface area contributed by atoms with Gasteiger partial charge in [-0.25, -0.2) is 4.79 Å². The van der Waals surface area contributed by atoms with Gasteiger partial charge in [0.2, 0.25) is 47.3 Å². The van der Waals surface area contributed by atoms with Gasteiger partial charge in [-0.3, -0.25) is 43.3 Å². The Balaban J connectivity index is 1.57. The zero-order valence-corrected chi connectivity index (χ0v) is 47.0. The van der Waals surface area contributed by atoms with Gasteiger partial charge in [-0.1, -0.05) is 96.1 Å². The molecule has 24 nitrogen and oxygen atoms in total. The van der Waals surface area contributed by atoms with Gasteiger partial charge >= 0.3 is 5.97 Å². The highest BCUT2D eigenvalue weighted by molar-refractivity contribution is 5.98. The van der Waals surface area contributed by atoms with Crippen molar-refractivity contribution in [3.63, 3.8) is 0 Å². The molecule has 0 aliphatic carbocycles. The van der Waals surface area contributed by atoms with Crippen molar-refractivity contribution < 1.29 is 58.5 Å². The number of carbonyl (C=O) groups is 9. The maximum absolute atomic E-state index is 14.7. The molecule has 0 spiro atoms. The van der Waals surface area contributed by atoms with Crippen LogP contribution >= 0.6 is 0 Å². The zero-order valence-electron chi connectivity index (χ0n) is 47.0. The van der Waals surface area contributed by atoms with E-state index >= 15 is 0 Å². The van der Waals surface area contributed by atoms with E-state index in [0.29, 0.717) is 29.5 Å². The van der Waals surface area contributed by atoms with Crippen LogP contribution in [-0.4, -0.2) is 147 Å². The number of guanidine groups is 1. The predicted octanol–water partition coefficient (Wildman–Crippen LogP) is 0.355. The Bertz CT molecular complexity index is 2630. The van der Waals surface area contributed by atoms with Crippen molar-refractivity contribution in [2.75, 3.05) is 19.6 Å². The summed E-state index contributed by atoms with van der Waals surface area (Å²) in [6.45, 7) is 10.3. The number of phenolic OH excluding ortho intramolecular Hbond substituents is 2. The second-order valence-corrected chi connectivity index (χ2v) is 21.6. The number of benzene rings is 3. The maximum atomic E-state index is 14.7. The van der Waals surface area contributed by atoms with E-state index in [-0.39, 0.29) is 87.3 Å². The summed E-state index contributed by atoms with van der Waals surface area (Å²) in [5.41, 5.74) is 18.9. The standard InChI is InChI=1S/C57H82N12O12/c1-32(2)26-40(58)49(73)65-42(27-33(3)4)52(76)66-43(28-35-12-8-7-9-13-35)50(74)62-31-47(72)63-45(30-37-18-22-39(71)23-19-37)55(79)69-25-11-15-46(69)54(78)64-41(14-10-24-61-57(59)60)51(75)67-44(29-36-16-20-38(70)21-17-36)53(77)68-48(34(5)6)56(80)81/h7-9,12-13,16-23,32-34,40-46,48,70-71H,10-11,14-15,24-31,58H2,1-6H3,(H,62,74)(H,63,72)(H,64,78)(H,65,73)(H,66,76)(H,67,75)(H,68,77)(H,80,81)(H4,59,60,61)/t40-,41-,42-,43-,44-,45-,46-,48-/m0/s1. The molecule has 0 aromatic heterocycles. The monoisotopic (exact) mass is 1130 g/mol. The SMILES string of the molecule is CC(C)C[C@H](NC(=O)[C@@H](N)CC(C)C)C(=O)N[C@@H](Cc1ccccc1)C(=O)NCC(=O)N[C@@H](Cc1ccc(O)cc1)C(=O)N1CCC[C@H]1C(=O)N[C@@H](CCCN=C(N)N)C(=O)N[C@@H](Cc1ccc(O)cc1)C(=O)N[C@H](C(=O)O)C(C)C. The van der Waals surface area contributed by atoms with Gasteiger partial charge in [0, 0.05) is 32.4 Å². The molecule has 24 heteroatoms. The summed E-state index contributed by atoms with van der Waals surface area (Å²) < 4.78 is 0. The van der Waals surface area contributed by atoms with Gasteiger partial charge in [0.25, 0.3) is 0 Å². The number of amides is 8. The fourth-order valence-corrected chi connectivity index (χ4v) is 9.19. The first-order valence-electron chi connectivity index (χ1n) is 27.3. The summed E-state index contributed by atoms with van der Waals surface area (Å²) in [4.78, 5) is 130. The molecule has 8 atom stereocenters. The van der Waals surface area contributed by atoms with Crippen LogP contribution in [0, 0.1) is 17.8 Å². The van der Waals surface area contributed by atoms with Crippen LogP contribution in [0.3, 0.4) is 0 Å². The van der Waals surface area contributed by atoms with Crippen LogP contribution in [0.2, 0.25) is 0 Å². The lowest BCUT2D eigenvalue weighted by Gasteiger charge is -2.30. The van der Waals surface area contributed by atoms with Crippen LogP contribution in [0.15, 0.2) is 83.9 Å². The summed E-state index contributed by atoms with van der Waals surface area (Å²) in [6.07, 6.45) is 0.961. The molecule has 442 valence electrons. The lowest BCUT2D eigenvalue weighted by Crippen LogP contribution is -2.59. The van der Waals surface area contributed by atoms with E-state index in [0.717, 1.165) is 0 Å². The second-order valence-electron chi connectivity index (χ2n) is 21.6. The molecule has 81 heavy (non-hydrogen) atoms. The van der Waals surface area contributed by atoms with Crippen molar-refractivity contribution in [2.45, 2.75) is 148 Å². The van der Waals surface area contributed by atoms with Crippen molar-refractivity contribution in [2.24, 2.45) is 39.9 Å². The molecule has 0 unspecified atom stereocenters. The molecule has 1 fully saturated rings. The first-order chi connectivity index (χ1) is 38.3. The van der Waals surface area contributed by atoms with E-state index < -0.39 is 114 Å². The van der Waals surface area contributed by atoms with Gasteiger partial charge in [-0.15, -0.1) is 0 Å². The Morgan fingerprint density at radius 3 is 1.64 bits per heavy atom. The number of hydrogen-bond donors (Lipinski definition) is 13. The number of aliphatic imine (C=N–C) groups is 1. The van der Waals surface area contributed by atoms with Gasteiger partial charge in [0.1, 0.15) is 53.8 Å². The minimum absolute atomic E-state index is 0.00956. The van der Waals surface area contributed by atoms with E-state index in [1.807, 2.05) is 27.7 Å². The molecule has 16 N–H and O–H groups in total. The minimum atomic E-state index is -1.37. The van der Waals surface area contributed by atoms with Gasteiger partial charge in [-0.2, -0.15) is 0 Å². The lowest BCUT2D eigenvalue weighted by atomic mass is 9.99. The number of phenols is 2. The Morgan fingerprint density at radius 2 is 1.11 bits per heavy atom. The number of aliphatic carboxylic acids is 1. The average molecular weight is 1130 g/mol. The molecular weight excluding hydrogens is 1040 g/mol. The first-order valence-corrected chi connectivity index (χ1v) is 27.3. The number of carboxylic acids is 1. The van der Waals surface area contributed by atoms with Crippen molar-refractivity contribution in [1.29, 1.82) is 0 Å². The highest BCUT2D eigenvalue weighted by Crippen LogP contribution is 2.22. The Morgan fingerprint density at radius 1 is 0.605 bits per heavy atom. The van der Waals surface area contributed by atoms with E-state index in [2.05, 4.69) is 42.2 Å². The third-order valence-corrected chi connectivity index (χ3v) is 13.4. The number of aromatic hydroxyl groups is 2. The summed E-state index contributed by atoms with van der Waals surface area (Å²) in [7, 11) is 0. The summed E-state index contributed by atoms with van der Waals surface area (Å²) >= 11 is 0. The molecule has 0 bridgehead atoms. The molecule has 0 saturated carbocycles. The van der Waals surface area contributed by atoms with Crippen LogP contribution in [0.1, 0.15) is 96.8 Å². The van der Waals surface area contributed by atoms with Crippen LogP contribution < -0.4 is 54.4 Å². The predicted molar refractivity (Wildman–Crippen MR) is 302 cm³/mol. The number of rotatable bonds is 31. The molecule has 8 amide bonds. The number of carbonyl (C=O) groups excluding carboxylic acids is 8. The Hall–Kier alpha value is -8.28. The lowest BCUT2D eigenvalue weighted by molar-refractivity contribution is -0.143. The molecule has 1 saturated heterocycles. The van der Waals surface area contributed by atoms with Crippen molar-refractivity contribution in [1.82, 2.24) is 42.1 Å². The summed E-state index contributed by atoms with van der Waals surface area (Å²) in [6, 6.07) is 10.9. The van der Waals surface area contributed by atoms with Crippen molar-refractivity contribution >= 4 is 59.2 Å². The topological polar surface area (TPSA) is 392 Å². The molecule has 1 aliphatic rings. The van der Waals surface area contributed by atoms with Gasteiger partial charge < -0.3 is 74.6 Å². The molecular formula is C57H82N12O12. The smallest absolute Gasteiger partial charge is 0.326 e. The zero-order chi connectivity index (χ0) is 59.9. The average Bonchev–Trinajstić information content (AvgIpc) is 3.98. The van der Waals surface area contributed by atoms with E-state index in [1.54, 1.807) is 56.3 Å². The van der Waals surface area contributed by atoms with E-state index in [1.165, 1.54) is 41.3 Å². The third kappa shape index (κ3) is 22.1. The molecule has 3 aromatic carbocycles. The minimum Gasteiger partial charge on any atom is -0.508 e. The number of likely N-dealkylation sites (tertiary alicyclic amines) is 1. The van der Waals surface area contributed by atoms with Crippen LogP contribution in [0.5, 0.6) is 11.5 Å². The quantitative estimate of drug-likeness (QED) is 0.0235. The summed E-state index contributed by atoms with van der Waals surface area (Å²) in [5.74, 6) is -7.85. The largest absolute Gasteiger partial charge is 0.508 e. The number of nitrogens with two attached hydrogens (primary N) is 3. The number of carboxylic acid groups (broad SMARTS) is 1. The fourth-order valence-electron chi connectivity index (χ4n) is 9.19. The summed E-state index contributed by atoms with van der Waals surface area (Å²) in [5, 5.41) is 48.5. The molecule has 3 aromatic rings. The second kappa shape index (κ2) is 32.1. The van der Waals surface area contributed by atoms with Crippen molar-refractivity contribution in [3.05, 3.63) is 95.6 Å². The Kier molecular flexibility index (Phi) is 25.8. The van der Waals surface area contributed by atoms with Crippen LogP contribution in [-0.2, 0) is 62.4 Å². The third-order valence-electron chi connectivity index (χ3n) is 13.4. The van der Waals surface area contributed by atoms with E-state index in [4.69, 9.17) is 17.2 Å². The fraction of sp³-hybridized carbons (Fsp3) is 0.509. The first kappa shape index (κ1) is 65.2.